The molecule has 0 spiro atoms. The number of nitrogens with zero attached hydrogens (tertiary/aromatic N) is 1. The van der Waals surface area contributed by atoms with E-state index in [1.165, 1.54) is 6.20 Å². The van der Waals surface area contributed by atoms with E-state index < -0.39 is 0 Å². The zero-order chi connectivity index (χ0) is 10.1. The molecule has 0 fully saturated rings. The smallest absolute Gasteiger partial charge is 0.138 e. The summed E-state index contributed by atoms with van der Waals surface area (Å²) in [5.41, 5.74) is 7.17. The lowest BCUT2D eigenvalue weighted by atomic mass is 9.91. The van der Waals surface area contributed by atoms with Gasteiger partial charge in [-0.15, -0.1) is 24.8 Å². The second-order valence-corrected chi connectivity index (χ2v) is 4.15. The largest absolute Gasteiger partial charge is 0.506 e. The van der Waals surface area contributed by atoms with Gasteiger partial charge >= 0.3 is 0 Å². The summed E-state index contributed by atoms with van der Waals surface area (Å²) in [6, 6.07) is 1.86. The van der Waals surface area contributed by atoms with Crippen LogP contribution in [0.15, 0.2) is 12.3 Å². The van der Waals surface area contributed by atoms with Crippen LogP contribution in [0.25, 0.3) is 0 Å². The average molecular weight is 253 g/mol. The number of rotatable bonds is 1. The van der Waals surface area contributed by atoms with Crippen LogP contribution in [0.4, 0.5) is 0 Å². The van der Waals surface area contributed by atoms with Gasteiger partial charge in [0.2, 0.25) is 0 Å². The van der Waals surface area contributed by atoms with Crippen molar-refractivity contribution in [2.75, 3.05) is 0 Å². The number of hydrogen-bond donors (Lipinski definition) is 2. The molecule has 1 rings (SSSR count). The third-order valence-corrected chi connectivity index (χ3v) is 1.95. The number of aromatic hydroxyl groups is 1. The van der Waals surface area contributed by atoms with Crippen LogP contribution >= 0.6 is 24.8 Å². The molecule has 0 bridgehead atoms. The van der Waals surface area contributed by atoms with E-state index in [-0.39, 0.29) is 36.0 Å². The maximum absolute atomic E-state index is 9.36. The predicted molar refractivity (Wildman–Crippen MR) is 67.0 cm³/mol. The third-order valence-electron chi connectivity index (χ3n) is 1.95. The third kappa shape index (κ3) is 4.24. The van der Waals surface area contributed by atoms with Gasteiger partial charge in [0, 0.05) is 23.2 Å². The van der Waals surface area contributed by atoms with Crippen LogP contribution in [0.5, 0.6) is 5.75 Å². The molecule has 0 aromatic carbocycles. The molecular formula is C10H18Cl2N2O. The highest BCUT2D eigenvalue weighted by atomic mass is 35.5. The summed E-state index contributed by atoms with van der Waals surface area (Å²) in [6.07, 6.45) is 1.46. The molecule has 0 radical (unpaired) electrons. The second kappa shape index (κ2) is 6.16. The van der Waals surface area contributed by atoms with E-state index in [1.807, 2.05) is 6.07 Å². The van der Waals surface area contributed by atoms with Crippen molar-refractivity contribution in [1.29, 1.82) is 0 Å². The zero-order valence-corrected chi connectivity index (χ0v) is 10.8. The summed E-state index contributed by atoms with van der Waals surface area (Å²) in [5.74, 6) is 0.176. The summed E-state index contributed by atoms with van der Waals surface area (Å²) in [4.78, 5) is 4.15. The van der Waals surface area contributed by atoms with Gasteiger partial charge < -0.3 is 10.8 Å². The van der Waals surface area contributed by atoms with Crippen molar-refractivity contribution >= 4 is 24.8 Å². The van der Waals surface area contributed by atoms with Gasteiger partial charge in [0.1, 0.15) is 5.75 Å². The van der Waals surface area contributed by atoms with Crippen molar-refractivity contribution in [3.63, 3.8) is 0 Å². The Morgan fingerprint density at radius 1 is 1.33 bits per heavy atom. The van der Waals surface area contributed by atoms with Gasteiger partial charge in [0.05, 0.1) is 6.20 Å². The first-order valence-corrected chi connectivity index (χ1v) is 4.33. The molecule has 1 aromatic rings. The van der Waals surface area contributed by atoms with Crippen molar-refractivity contribution in [2.45, 2.75) is 32.7 Å². The van der Waals surface area contributed by atoms with Crippen LogP contribution in [0.1, 0.15) is 32.0 Å². The lowest BCUT2D eigenvalue weighted by molar-refractivity contribution is 0.462. The van der Waals surface area contributed by atoms with Crippen LogP contribution in [-0.2, 0) is 12.0 Å². The van der Waals surface area contributed by atoms with Crippen molar-refractivity contribution in [1.82, 2.24) is 4.98 Å². The molecule has 1 heterocycles. The van der Waals surface area contributed by atoms with Gasteiger partial charge in [-0.1, -0.05) is 20.8 Å². The van der Waals surface area contributed by atoms with Crippen LogP contribution in [0, 0.1) is 0 Å². The van der Waals surface area contributed by atoms with Gasteiger partial charge in [-0.25, -0.2) is 0 Å². The summed E-state index contributed by atoms with van der Waals surface area (Å²) in [7, 11) is 0. The van der Waals surface area contributed by atoms with E-state index in [0.717, 1.165) is 11.3 Å². The Morgan fingerprint density at radius 2 is 1.87 bits per heavy atom. The monoisotopic (exact) mass is 252 g/mol. The Bertz CT molecular complexity index is 311. The number of halogens is 2. The first-order chi connectivity index (χ1) is 5.95. The maximum Gasteiger partial charge on any atom is 0.138 e. The van der Waals surface area contributed by atoms with Crippen LogP contribution < -0.4 is 5.73 Å². The highest BCUT2D eigenvalue weighted by Gasteiger charge is 2.16. The summed E-state index contributed by atoms with van der Waals surface area (Å²) in [6.45, 7) is 6.57. The SMILES string of the molecule is CC(C)(C)c1cc(CN)c(O)cn1.Cl.Cl. The molecule has 3 N–H and O–H groups in total. The van der Waals surface area contributed by atoms with E-state index in [2.05, 4.69) is 25.8 Å². The van der Waals surface area contributed by atoms with Gasteiger partial charge in [0.15, 0.2) is 0 Å². The molecule has 0 unspecified atom stereocenters. The fourth-order valence-corrected chi connectivity index (χ4v) is 1.06. The number of nitrogens with two attached hydrogens (primary N) is 1. The van der Waals surface area contributed by atoms with Crippen molar-refractivity contribution in [3.05, 3.63) is 23.5 Å². The van der Waals surface area contributed by atoms with E-state index in [0.29, 0.717) is 6.54 Å². The molecule has 0 saturated carbocycles. The first-order valence-electron chi connectivity index (χ1n) is 4.33. The quantitative estimate of drug-likeness (QED) is 0.807. The Balaban J connectivity index is 0. The molecular weight excluding hydrogens is 235 g/mol. The van der Waals surface area contributed by atoms with Crippen LogP contribution in [0.3, 0.4) is 0 Å². The summed E-state index contributed by atoms with van der Waals surface area (Å²) in [5, 5.41) is 9.36. The molecule has 5 heteroatoms. The van der Waals surface area contributed by atoms with Gasteiger partial charge in [-0.3, -0.25) is 4.98 Å². The fourth-order valence-electron chi connectivity index (χ4n) is 1.06. The molecule has 15 heavy (non-hydrogen) atoms. The maximum atomic E-state index is 9.36. The van der Waals surface area contributed by atoms with Crippen molar-refractivity contribution < 1.29 is 5.11 Å². The highest BCUT2D eigenvalue weighted by Crippen LogP contribution is 2.24. The molecule has 0 atom stereocenters. The number of hydrogen-bond acceptors (Lipinski definition) is 3. The molecule has 88 valence electrons. The van der Waals surface area contributed by atoms with E-state index in [4.69, 9.17) is 5.73 Å². The lowest BCUT2D eigenvalue weighted by Gasteiger charge is -2.18. The summed E-state index contributed by atoms with van der Waals surface area (Å²) < 4.78 is 0. The average Bonchev–Trinajstić information content (AvgIpc) is 2.03. The first kappa shape index (κ1) is 16.9. The lowest BCUT2D eigenvalue weighted by Crippen LogP contribution is -2.14. The topological polar surface area (TPSA) is 59.1 Å². The molecule has 3 nitrogen and oxygen atoms in total. The summed E-state index contributed by atoms with van der Waals surface area (Å²) >= 11 is 0. The zero-order valence-electron chi connectivity index (χ0n) is 9.15. The van der Waals surface area contributed by atoms with Gasteiger partial charge in [0.25, 0.3) is 0 Å². The molecule has 0 aliphatic heterocycles. The Morgan fingerprint density at radius 3 is 2.27 bits per heavy atom. The Labute approximate surface area is 103 Å². The normalized spacial score (nSPS) is 10.1. The van der Waals surface area contributed by atoms with Gasteiger partial charge in [-0.2, -0.15) is 0 Å². The van der Waals surface area contributed by atoms with E-state index >= 15 is 0 Å². The Hall–Kier alpha value is -0.510. The minimum absolute atomic E-state index is 0. The molecule has 0 saturated heterocycles. The second-order valence-electron chi connectivity index (χ2n) is 4.15. The molecule has 0 aliphatic rings. The van der Waals surface area contributed by atoms with Crippen LogP contribution in [0.2, 0.25) is 0 Å². The fraction of sp³-hybridized carbons (Fsp3) is 0.500. The van der Waals surface area contributed by atoms with E-state index in [9.17, 15) is 5.11 Å². The van der Waals surface area contributed by atoms with Crippen molar-refractivity contribution in [3.8, 4) is 5.75 Å². The van der Waals surface area contributed by atoms with Crippen molar-refractivity contribution in [2.24, 2.45) is 5.73 Å². The van der Waals surface area contributed by atoms with E-state index in [1.54, 1.807) is 0 Å². The highest BCUT2D eigenvalue weighted by molar-refractivity contribution is 5.85. The number of pyridine rings is 1. The molecule has 0 amide bonds. The minimum Gasteiger partial charge on any atom is -0.506 e. The minimum atomic E-state index is -0.00236. The Kier molecular flexibility index (Phi) is 6.94. The van der Waals surface area contributed by atoms with Gasteiger partial charge in [-0.05, 0) is 6.07 Å². The number of aromatic nitrogens is 1. The van der Waals surface area contributed by atoms with Crippen LogP contribution in [-0.4, -0.2) is 10.1 Å². The molecule has 1 aromatic heterocycles. The standard InChI is InChI=1S/C10H16N2O.2ClH/c1-10(2,3)9-4-7(5-11)8(13)6-12-9;;/h4,6,13H,5,11H2,1-3H3;2*1H. The molecule has 0 aliphatic carbocycles. The predicted octanol–water partition coefficient (Wildman–Crippen LogP) is 2.39.